The van der Waals surface area contributed by atoms with Gasteiger partial charge in [0.2, 0.25) is 0 Å². The van der Waals surface area contributed by atoms with E-state index in [4.69, 9.17) is 4.74 Å². The summed E-state index contributed by atoms with van der Waals surface area (Å²) >= 11 is 0. The highest BCUT2D eigenvalue weighted by Gasteiger charge is 2.34. The normalized spacial score (nSPS) is 11.5. The second-order valence-electron chi connectivity index (χ2n) is 6.30. The molecule has 0 saturated carbocycles. The van der Waals surface area contributed by atoms with Gasteiger partial charge in [0.15, 0.2) is 11.6 Å². The maximum Gasteiger partial charge on any atom is 0.286 e. The quantitative estimate of drug-likeness (QED) is 0.542. The molecule has 0 aliphatic heterocycles. The second kappa shape index (κ2) is 8.80. The van der Waals surface area contributed by atoms with Crippen molar-refractivity contribution in [3.05, 3.63) is 66.1 Å². The summed E-state index contributed by atoms with van der Waals surface area (Å²) in [7, 11) is -3.26. The lowest BCUT2D eigenvalue weighted by atomic mass is 10.1. The number of ether oxygens (including phenoxy) is 1. The molecule has 3 aromatic rings. The molecule has 0 fully saturated rings. The molecule has 3 rings (SSSR count). The van der Waals surface area contributed by atoms with Crippen LogP contribution in [0.15, 0.2) is 59.5 Å². The minimum atomic E-state index is -4.51. The fourth-order valence-corrected chi connectivity index (χ4v) is 4.25. The van der Waals surface area contributed by atoms with Crippen molar-refractivity contribution in [1.29, 1.82) is 0 Å². The molecule has 0 aliphatic carbocycles. The number of hydrogen-bond acceptors (Lipinski definition) is 5. The van der Waals surface area contributed by atoms with E-state index in [-0.39, 0.29) is 28.3 Å². The Balaban J connectivity index is 2.27. The van der Waals surface area contributed by atoms with Crippen LogP contribution in [0.1, 0.15) is 25.5 Å². The van der Waals surface area contributed by atoms with Crippen molar-refractivity contribution in [1.82, 2.24) is 9.89 Å². The van der Waals surface area contributed by atoms with E-state index in [1.807, 2.05) is 0 Å². The van der Waals surface area contributed by atoms with Gasteiger partial charge in [-0.05, 0) is 36.4 Å². The number of alkyl halides is 2. The van der Waals surface area contributed by atoms with Gasteiger partial charge < -0.3 is 4.74 Å². The molecule has 31 heavy (non-hydrogen) atoms. The summed E-state index contributed by atoms with van der Waals surface area (Å²) < 4.78 is 72.7. The average Bonchev–Trinajstić information content (AvgIpc) is 3.19. The average molecular weight is 453 g/mol. The van der Waals surface area contributed by atoms with Crippen molar-refractivity contribution >= 4 is 15.9 Å². The van der Waals surface area contributed by atoms with Gasteiger partial charge in [-0.2, -0.15) is 13.2 Å². The van der Waals surface area contributed by atoms with Gasteiger partial charge in [0.25, 0.3) is 22.4 Å². The molecule has 0 unspecified atom stereocenters. The number of carbonyl (C=O) groups is 1. The minimum absolute atomic E-state index is 0.0230. The van der Waals surface area contributed by atoms with Crippen LogP contribution in [0.2, 0.25) is 0 Å². The highest BCUT2D eigenvalue weighted by molar-refractivity contribution is 7.93. The Bertz CT molecular complexity index is 1200. The van der Waals surface area contributed by atoms with E-state index < -0.39 is 33.9 Å². The molecule has 0 radical (unpaired) electrons. The standard InChI is InChI=1S/C20H18F3N3O4S/c1-3-19(27)26(31(28,29)14-7-5-4-6-8-14)25-17(12-16(24-25)20(22)23)13-9-10-18(30-2)15(21)11-13/h4-12,20H,3H2,1-2H3. The number of hydrogen-bond donors (Lipinski definition) is 0. The predicted octanol–water partition coefficient (Wildman–Crippen LogP) is 3.90. The van der Waals surface area contributed by atoms with Gasteiger partial charge in [-0.25, -0.2) is 13.2 Å². The summed E-state index contributed by atoms with van der Waals surface area (Å²) in [5.74, 6) is -1.81. The molecule has 0 aliphatic rings. The zero-order chi connectivity index (χ0) is 22.8. The fourth-order valence-electron chi connectivity index (χ4n) is 2.83. The molecule has 0 spiro atoms. The van der Waals surface area contributed by atoms with E-state index in [1.165, 1.54) is 50.4 Å². The number of nitrogens with zero attached hydrogens (tertiary/aromatic N) is 3. The third kappa shape index (κ3) is 4.26. The zero-order valence-electron chi connectivity index (χ0n) is 16.5. The van der Waals surface area contributed by atoms with Gasteiger partial charge in [-0.15, -0.1) is 9.51 Å². The topological polar surface area (TPSA) is 81.5 Å². The largest absolute Gasteiger partial charge is 0.494 e. The maximum atomic E-state index is 14.3. The monoisotopic (exact) mass is 453 g/mol. The lowest BCUT2D eigenvalue weighted by Gasteiger charge is -2.23. The molecule has 2 aromatic carbocycles. The van der Waals surface area contributed by atoms with Crippen LogP contribution in [0.25, 0.3) is 11.3 Å². The van der Waals surface area contributed by atoms with Crippen LogP contribution < -0.4 is 9.15 Å². The van der Waals surface area contributed by atoms with Gasteiger partial charge in [0.1, 0.15) is 5.69 Å². The van der Waals surface area contributed by atoms with E-state index in [0.717, 1.165) is 12.1 Å². The predicted molar refractivity (Wildman–Crippen MR) is 106 cm³/mol. The van der Waals surface area contributed by atoms with Crippen LogP contribution in [-0.4, -0.2) is 31.3 Å². The van der Waals surface area contributed by atoms with E-state index >= 15 is 0 Å². The van der Waals surface area contributed by atoms with Crippen molar-refractivity contribution < 1.29 is 31.1 Å². The molecular formula is C20H18F3N3O4S. The highest BCUT2D eigenvalue weighted by Crippen LogP contribution is 2.30. The number of aromatic nitrogens is 2. The Morgan fingerprint density at radius 2 is 1.84 bits per heavy atom. The Kier molecular flexibility index (Phi) is 6.34. The first-order chi connectivity index (χ1) is 14.7. The second-order valence-corrected chi connectivity index (χ2v) is 8.07. The minimum Gasteiger partial charge on any atom is -0.494 e. The van der Waals surface area contributed by atoms with E-state index in [2.05, 4.69) is 5.10 Å². The van der Waals surface area contributed by atoms with Gasteiger partial charge >= 0.3 is 0 Å². The smallest absolute Gasteiger partial charge is 0.286 e. The van der Waals surface area contributed by atoms with Crippen molar-refractivity contribution in [2.75, 3.05) is 11.5 Å². The summed E-state index contributed by atoms with van der Waals surface area (Å²) in [5.41, 5.74) is -0.962. The van der Waals surface area contributed by atoms with Crippen LogP contribution in [0, 0.1) is 5.82 Å². The van der Waals surface area contributed by atoms with Crippen LogP contribution in [0.3, 0.4) is 0 Å². The van der Waals surface area contributed by atoms with Crippen LogP contribution >= 0.6 is 0 Å². The first kappa shape index (κ1) is 22.3. The van der Waals surface area contributed by atoms with Gasteiger partial charge in [0.05, 0.1) is 17.7 Å². The van der Waals surface area contributed by atoms with Gasteiger partial charge in [-0.3, -0.25) is 4.79 Å². The molecule has 0 N–H and O–H groups in total. The molecule has 0 bridgehead atoms. The Labute approximate surface area is 176 Å². The van der Waals surface area contributed by atoms with Crippen LogP contribution in [0.4, 0.5) is 13.2 Å². The first-order valence-electron chi connectivity index (χ1n) is 9.06. The van der Waals surface area contributed by atoms with Crippen molar-refractivity contribution in [3.63, 3.8) is 0 Å². The van der Waals surface area contributed by atoms with E-state index in [0.29, 0.717) is 9.21 Å². The van der Waals surface area contributed by atoms with Gasteiger partial charge in [-0.1, -0.05) is 25.1 Å². The number of rotatable bonds is 7. The number of amides is 1. The third-order valence-electron chi connectivity index (χ3n) is 4.34. The fraction of sp³-hybridized carbons (Fsp3) is 0.200. The molecule has 0 saturated heterocycles. The first-order valence-corrected chi connectivity index (χ1v) is 10.5. The number of halogens is 3. The molecule has 1 heterocycles. The molecule has 11 heteroatoms. The van der Waals surface area contributed by atoms with Gasteiger partial charge in [0, 0.05) is 12.0 Å². The SMILES string of the molecule is CCC(=O)N(n1nc(C(F)F)cc1-c1ccc(OC)c(F)c1)S(=O)(=O)c1ccccc1. The van der Waals surface area contributed by atoms with Crippen molar-refractivity contribution in [2.45, 2.75) is 24.7 Å². The molecule has 7 nitrogen and oxygen atoms in total. The number of sulfonamides is 1. The summed E-state index contributed by atoms with van der Waals surface area (Å²) in [4.78, 5) is 13.0. The molecular weight excluding hydrogens is 435 g/mol. The molecule has 0 atom stereocenters. The Morgan fingerprint density at radius 1 is 1.16 bits per heavy atom. The summed E-state index contributed by atoms with van der Waals surface area (Å²) in [6.07, 6.45) is -3.31. The number of methoxy groups -OCH3 is 1. The van der Waals surface area contributed by atoms with E-state index in [9.17, 15) is 26.4 Å². The molecule has 1 aromatic heterocycles. The third-order valence-corrected chi connectivity index (χ3v) is 6.02. The summed E-state index contributed by atoms with van der Waals surface area (Å²) in [5, 5.41) is 3.66. The van der Waals surface area contributed by atoms with E-state index in [1.54, 1.807) is 6.07 Å². The highest BCUT2D eigenvalue weighted by atomic mass is 32.2. The maximum absolute atomic E-state index is 14.3. The lowest BCUT2D eigenvalue weighted by Crippen LogP contribution is -2.46. The number of benzene rings is 2. The van der Waals surface area contributed by atoms with Crippen molar-refractivity contribution in [2.24, 2.45) is 0 Å². The molecule has 164 valence electrons. The van der Waals surface area contributed by atoms with Crippen molar-refractivity contribution in [3.8, 4) is 17.0 Å². The summed E-state index contributed by atoms with van der Waals surface area (Å²) in [6.45, 7) is 1.42. The summed E-state index contributed by atoms with van der Waals surface area (Å²) in [6, 6.07) is 11.5. The van der Waals surface area contributed by atoms with Crippen LogP contribution in [0.5, 0.6) is 5.75 Å². The number of carbonyl (C=O) groups excluding carboxylic acids is 1. The zero-order valence-corrected chi connectivity index (χ0v) is 17.3. The lowest BCUT2D eigenvalue weighted by molar-refractivity contribution is -0.118. The molecule has 1 amide bonds. The Hall–Kier alpha value is -3.34. The van der Waals surface area contributed by atoms with Crippen LogP contribution in [-0.2, 0) is 14.8 Å². The Morgan fingerprint density at radius 3 is 2.39 bits per heavy atom.